The molecule has 0 aliphatic rings. The lowest BCUT2D eigenvalue weighted by Crippen LogP contribution is -2.12. The highest BCUT2D eigenvalue weighted by Crippen LogP contribution is 2.27. The molecule has 102 valence electrons. The number of aromatic nitrogens is 1. The highest BCUT2D eigenvalue weighted by atomic mass is 79.9. The Morgan fingerprint density at radius 2 is 2.10 bits per heavy atom. The van der Waals surface area contributed by atoms with Crippen LogP contribution in [0.4, 0.5) is 11.4 Å². The van der Waals surface area contributed by atoms with Crippen molar-refractivity contribution in [3.8, 4) is 0 Å². The van der Waals surface area contributed by atoms with Gasteiger partial charge in [0.2, 0.25) is 0 Å². The lowest BCUT2D eigenvalue weighted by Gasteiger charge is -2.07. The Kier molecular flexibility index (Phi) is 4.31. The predicted molar refractivity (Wildman–Crippen MR) is 78.0 cm³/mol. The first kappa shape index (κ1) is 14.4. The van der Waals surface area contributed by atoms with E-state index >= 15 is 0 Å². The van der Waals surface area contributed by atoms with Crippen LogP contribution >= 0.6 is 27.5 Å². The van der Waals surface area contributed by atoms with Crippen LogP contribution in [0, 0.1) is 10.1 Å². The summed E-state index contributed by atoms with van der Waals surface area (Å²) < 4.78 is 0.417. The van der Waals surface area contributed by atoms with E-state index in [1.54, 1.807) is 0 Å². The zero-order chi connectivity index (χ0) is 14.7. The minimum Gasteiger partial charge on any atom is -0.321 e. The normalized spacial score (nSPS) is 10.1. The van der Waals surface area contributed by atoms with E-state index in [4.69, 9.17) is 11.6 Å². The number of carbonyl (C=O) groups is 1. The molecule has 0 unspecified atom stereocenters. The van der Waals surface area contributed by atoms with Crippen molar-refractivity contribution in [1.82, 2.24) is 4.98 Å². The second-order valence-corrected chi connectivity index (χ2v) is 4.98. The number of amides is 1. The highest BCUT2D eigenvalue weighted by Gasteiger charge is 2.12. The summed E-state index contributed by atoms with van der Waals surface area (Å²) in [4.78, 5) is 25.9. The topological polar surface area (TPSA) is 85.1 Å². The average molecular weight is 357 g/mol. The largest absolute Gasteiger partial charge is 0.321 e. The molecular weight excluding hydrogens is 350 g/mol. The van der Waals surface area contributed by atoms with Crippen molar-refractivity contribution in [1.29, 1.82) is 0 Å². The van der Waals surface area contributed by atoms with Crippen LogP contribution in [0.25, 0.3) is 0 Å². The Hall–Kier alpha value is -1.99. The van der Waals surface area contributed by atoms with Crippen LogP contribution in [0.2, 0.25) is 5.15 Å². The van der Waals surface area contributed by atoms with Crippen LogP contribution < -0.4 is 5.32 Å². The zero-order valence-corrected chi connectivity index (χ0v) is 12.2. The molecule has 0 aliphatic carbocycles. The molecule has 1 amide bonds. The molecule has 1 N–H and O–H groups in total. The summed E-state index contributed by atoms with van der Waals surface area (Å²) in [5.41, 5.74) is 0.700. The van der Waals surface area contributed by atoms with Crippen molar-refractivity contribution in [3.63, 3.8) is 0 Å². The SMILES string of the molecule is O=C(Nc1ccc([N+](=O)[O-])cc1Br)c1ccnc(Cl)c1. The van der Waals surface area contributed by atoms with Crippen molar-refractivity contribution >= 4 is 44.8 Å². The van der Waals surface area contributed by atoms with E-state index in [9.17, 15) is 14.9 Å². The number of benzene rings is 1. The van der Waals surface area contributed by atoms with Gasteiger partial charge in [-0.1, -0.05) is 11.6 Å². The van der Waals surface area contributed by atoms with E-state index in [1.807, 2.05) is 0 Å². The number of pyridine rings is 1. The van der Waals surface area contributed by atoms with Gasteiger partial charge in [-0.2, -0.15) is 0 Å². The van der Waals surface area contributed by atoms with E-state index < -0.39 is 4.92 Å². The summed E-state index contributed by atoms with van der Waals surface area (Å²) in [5, 5.41) is 13.5. The standard InChI is InChI=1S/C12H7BrClN3O3/c13-9-6-8(17(19)20)1-2-10(9)16-12(18)7-3-4-15-11(14)5-7/h1-6H,(H,16,18). The van der Waals surface area contributed by atoms with Gasteiger partial charge in [-0.25, -0.2) is 4.98 Å². The number of hydrogen-bond acceptors (Lipinski definition) is 4. The maximum absolute atomic E-state index is 12.0. The van der Waals surface area contributed by atoms with Gasteiger partial charge in [0.25, 0.3) is 11.6 Å². The van der Waals surface area contributed by atoms with E-state index in [0.717, 1.165) is 0 Å². The number of nitrogens with one attached hydrogen (secondary N) is 1. The van der Waals surface area contributed by atoms with Crippen molar-refractivity contribution in [3.05, 3.63) is 61.8 Å². The molecule has 1 aromatic carbocycles. The molecule has 0 bridgehead atoms. The number of anilines is 1. The second-order valence-electron chi connectivity index (χ2n) is 3.74. The molecule has 0 fully saturated rings. The molecule has 1 aromatic heterocycles. The summed E-state index contributed by atoms with van der Waals surface area (Å²) in [5.74, 6) is -0.385. The van der Waals surface area contributed by atoms with Gasteiger partial charge in [-0.3, -0.25) is 14.9 Å². The quantitative estimate of drug-likeness (QED) is 0.516. The van der Waals surface area contributed by atoms with Gasteiger partial charge in [-0.05, 0) is 34.1 Å². The van der Waals surface area contributed by atoms with Crippen LogP contribution in [0.15, 0.2) is 41.0 Å². The number of nitrogens with zero attached hydrogens (tertiary/aromatic N) is 2. The average Bonchev–Trinajstić information content (AvgIpc) is 2.40. The lowest BCUT2D eigenvalue weighted by molar-refractivity contribution is -0.384. The van der Waals surface area contributed by atoms with Gasteiger partial charge < -0.3 is 5.32 Å². The van der Waals surface area contributed by atoms with Gasteiger partial charge in [0.15, 0.2) is 0 Å². The van der Waals surface area contributed by atoms with Crippen LogP contribution in [0.5, 0.6) is 0 Å². The van der Waals surface area contributed by atoms with Crippen LogP contribution in [0.1, 0.15) is 10.4 Å². The first-order valence-corrected chi connectivity index (χ1v) is 6.51. The van der Waals surface area contributed by atoms with Crippen molar-refractivity contribution < 1.29 is 9.72 Å². The zero-order valence-electron chi connectivity index (χ0n) is 9.84. The first-order valence-electron chi connectivity index (χ1n) is 5.34. The predicted octanol–water partition coefficient (Wildman–Crippen LogP) is 3.66. The Labute approximate surface area is 127 Å². The Morgan fingerprint density at radius 1 is 1.35 bits per heavy atom. The summed E-state index contributed by atoms with van der Waals surface area (Å²) in [6, 6.07) is 7.01. The van der Waals surface area contributed by atoms with Crippen molar-refractivity contribution in [2.24, 2.45) is 0 Å². The summed E-state index contributed by atoms with van der Waals surface area (Å²) in [7, 11) is 0. The monoisotopic (exact) mass is 355 g/mol. The van der Waals surface area contributed by atoms with Crippen molar-refractivity contribution in [2.75, 3.05) is 5.32 Å². The summed E-state index contributed by atoms with van der Waals surface area (Å²) >= 11 is 8.88. The Morgan fingerprint density at radius 3 is 2.70 bits per heavy atom. The summed E-state index contributed by atoms with van der Waals surface area (Å²) in [6.07, 6.45) is 1.42. The lowest BCUT2D eigenvalue weighted by atomic mass is 10.2. The van der Waals surface area contributed by atoms with Gasteiger partial charge in [0.05, 0.1) is 10.6 Å². The number of nitro groups is 1. The van der Waals surface area contributed by atoms with Gasteiger partial charge in [0, 0.05) is 28.4 Å². The Balaban J connectivity index is 2.22. The summed E-state index contributed by atoms with van der Waals surface area (Å²) in [6.45, 7) is 0. The molecule has 0 atom stereocenters. The fourth-order valence-electron chi connectivity index (χ4n) is 1.46. The van der Waals surface area contributed by atoms with Gasteiger partial charge >= 0.3 is 0 Å². The van der Waals surface area contributed by atoms with Crippen LogP contribution in [-0.4, -0.2) is 15.8 Å². The molecule has 1 heterocycles. The molecule has 6 nitrogen and oxygen atoms in total. The van der Waals surface area contributed by atoms with Crippen LogP contribution in [0.3, 0.4) is 0 Å². The third-order valence-electron chi connectivity index (χ3n) is 2.40. The third kappa shape index (κ3) is 3.31. The van der Waals surface area contributed by atoms with Gasteiger partial charge in [-0.15, -0.1) is 0 Å². The number of rotatable bonds is 3. The number of halogens is 2. The van der Waals surface area contributed by atoms with Crippen LogP contribution in [-0.2, 0) is 0 Å². The molecule has 0 saturated heterocycles. The molecule has 2 rings (SSSR count). The van der Waals surface area contributed by atoms with Gasteiger partial charge in [0.1, 0.15) is 5.15 Å². The van der Waals surface area contributed by atoms with E-state index in [2.05, 4.69) is 26.2 Å². The smallest absolute Gasteiger partial charge is 0.270 e. The van der Waals surface area contributed by atoms with Crippen molar-refractivity contribution in [2.45, 2.75) is 0 Å². The maximum Gasteiger partial charge on any atom is 0.270 e. The molecule has 0 aliphatic heterocycles. The highest BCUT2D eigenvalue weighted by molar-refractivity contribution is 9.10. The fourth-order valence-corrected chi connectivity index (χ4v) is 2.10. The molecule has 0 spiro atoms. The molecule has 20 heavy (non-hydrogen) atoms. The molecule has 0 saturated carbocycles. The fraction of sp³-hybridized carbons (Fsp3) is 0. The minimum absolute atomic E-state index is 0.0678. The molecule has 2 aromatic rings. The Bertz CT molecular complexity index is 693. The second kappa shape index (κ2) is 5.98. The number of carbonyl (C=O) groups excluding carboxylic acids is 1. The molecule has 0 radical (unpaired) electrons. The number of non-ortho nitro benzene ring substituents is 1. The van der Waals surface area contributed by atoms with E-state index in [0.29, 0.717) is 15.7 Å². The van der Waals surface area contributed by atoms with E-state index in [-0.39, 0.29) is 16.7 Å². The third-order valence-corrected chi connectivity index (χ3v) is 3.26. The first-order chi connectivity index (χ1) is 9.47. The molecular formula is C12H7BrClN3O3. The molecule has 8 heteroatoms. The van der Waals surface area contributed by atoms with E-state index in [1.165, 1.54) is 36.5 Å². The number of nitro benzene ring substituents is 1. The minimum atomic E-state index is -0.515. The number of hydrogen-bond donors (Lipinski definition) is 1. The maximum atomic E-state index is 12.0.